The van der Waals surface area contributed by atoms with Gasteiger partial charge in [0, 0.05) is 19.2 Å². The van der Waals surface area contributed by atoms with Crippen molar-refractivity contribution in [1.29, 1.82) is 0 Å². The van der Waals surface area contributed by atoms with Crippen molar-refractivity contribution in [2.45, 2.75) is 12.8 Å². The van der Waals surface area contributed by atoms with Gasteiger partial charge in [0.2, 0.25) is 4.96 Å². The Morgan fingerprint density at radius 3 is 2.63 bits per heavy atom. The Morgan fingerprint density at radius 2 is 1.90 bits per heavy atom. The molecule has 0 unspecified atom stereocenters. The van der Waals surface area contributed by atoms with Gasteiger partial charge in [0.05, 0.1) is 26.6 Å². The molecular formula is C19H20N6O4S. The third-order valence-corrected chi connectivity index (χ3v) is 5.90. The minimum absolute atomic E-state index is 0.0115. The zero-order valence-electron chi connectivity index (χ0n) is 16.6. The van der Waals surface area contributed by atoms with E-state index < -0.39 is 0 Å². The lowest BCUT2D eigenvalue weighted by atomic mass is 10.3. The molecule has 0 saturated carbocycles. The van der Waals surface area contributed by atoms with Crippen LogP contribution in [0.15, 0.2) is 24.5 Å². The number of hydrogen-bond donors (Lipinski definition) is 0. The summed E-state index contributed by atoms with van der Waals surface area (Å²) in [5, 5.41) is 9.44. The molecule has 0 N–H and O–H groups in total. The summed E-state index contributed by atoms with van der Waals surface area (Å²) in [4.78, 5) is 19.5. The summed E-state index contributed by atoms with van der Waals surface area (Å²) in [6.07, 6.45) is 5.65. The van der Waals surface area contributed by atoms with E-state index >= 15 is 0 Å². The molecule has 0 aromatic carbocycles. The standard InChI is InChI=1S/C19H20N6O4S/c1-27-12-7-16(29-11-17(26)23-5-3-4-6-23)15-8-13(21-24(15)9-12)14-10-25-18(20-14)30-19(22-25)28-2/h7-10H,3-6,11H2,1-2H3. The molecule has 1 amide bonds. The number of ether oxygens (including phenoxy) is 3. The molecule has 0 aliphatic carbocycles. The van der Waals surface area contributed by atoms with Gasteiger partial charge in [-0.3, -0.25) is 4.79 Å². The van der Waals surface area contributed by atoms with Crippen molar-refractivity contribution < 1.29 is 19.0 Å². The smallest absolute Gasteiger partial charge is 0.294 e. The number of carbonyl (C=O) groups is 1. The van der Waals surface area contributed by atoms with E-state index in [1.807, 2.05) is 11.0 Å². The zero-order valence-corrected chi connectivity index (χ0v) is 17.4. The molecule has 0 radical (unpaired) electrons. The second-order valence-electron chi connectivity index (χ2n) is 6.91. The van der Waals surface area contributed by atoms with Gasteiger partial charge in [0.1, 0.15) is 28.4 Å². The number of methoxy groups -OCH3 is 2. The molecule has 11 heteroatoms. The number of hydrogen-bond acceptors (Lipinski definition) is 8. The van der Waals surface area contributed by atoms with Gasteiger partial charge in [-0.1, -0.05) is 0 Å². The second-order valence-corrected chi connectivity index (χ2v) is 7.82. The first-order valence-corrected chi connectivity index (χ1v) is 10.3. The molecule has 10 nitrogen and oxygen atoms in total. The molecule has 1 aliphatic heterocycles. The van der Waals surface area contributed by atoms with Gasteiger partial charge in [0.15, 0.2) is 6.61 Å². The number of likely N-dealkylation sites (tertiary alicyclic amines) is 1. The number of fused-ring (bicyclic) bond motifs is 2. The molecule has 1 aliphatic rings. The van der Waals surface area contributed by atoms with E-state index in [0.717, 1.165) is 31.4 Å². The summed E-state index contributed by atoms with van der Waals surface area (Å²) in [5.74, 6) is 1.10. The third kappa shape index (κ3) is 3.30. The maximum Gasteiger partial charge on any atom is 0.294 e. The van der Waals surface area contributed by atoms with Crippen molar-refractivity contribution in [3.8, 4) is 28.1 Å². The fraction of sp³-hybridized carbons (Fsp3) is 0.368. The summed E-state index contributed by atoms with van der Waals surface area (Å²) in [6, 6.07) is 3.63. The van der Waals surface area contributed by atoms with Crippen LogP contribution in [0.1, 0.15) is 12.8 Å². The van der Waals surface area contributed by atoms with Gasteiger partial charge in [-0.2, -0.15) is 5.10 Å². The van der Waals surface area contributed by atoms with Crippen molar-refractivity contribution >= 4 is 27.7 Å². The summed E-state index contributed by atoms with van der Waals surface area (Å²) in [7, 11) is 3.15. The van der Waals surface area contributed by atoms with Crippen molar-refractivity contribution in [3.63, 3.8) is 0 Å². The maximum absolute atomic E-state index is 12.4. The Morgan fingerprint density at radius 1 is 1.07 bits per heavy atom. The number of carbonyl (C=O) groups excluding carboxylic acids is 1. The van der Waals surface area contributed by atoms with Crippen LogP contribution >= 0.6 is 11.3 Å². The molecule has 4 aromatic rings. The Hall–Kier alpha value is -3.34. The topological polar surface area (TPSA) is 95.5 Å². The summed E-state index contributed by atoms with van der Waals surface area (Å²) < 4.78 is 19.7. The van der Waals surface area contributed by atoms with Crippen molar-refractivity contribution in [2.75, 3.05) is 33.9 Å². The van der Waals surface area contributed by atoms with E-state index in [0.29, 0.717) is 33.0 Å². The van der Waals surface area contributed by atoms with Crippen LogP contribution in [0.25, 0.3) is 21.9 Å². The molecule has 4 aromatic heterocycles. The van der Waals surface area contributed by atoms with Gasteiger partial charge in [-0.05, 0) is 30.2 Å². The average Bonchev–Trinajstić information content (AvgIpc) is 3.53. The Labute approximate surface area is 175 Å². The molecular weight excluding hydrogens is 408 g/mol. The Bertz CT molecular complexity index is 1190. The van der Waals surface area contributed by atoms with E-state index in [2.05, 4.69) is 15.2 Å². The van der Waals surface area contributed by atoms with Crippen molar-refractivity contribution in [1.82, 2.24) is 29.1 Å². The molecule has 0 atom stereocenters. The highest BCUT2D eigenvalue weighted by molar-refractivity contribution is 7.18. The molecule has 5 rings (SSSR count). The summed E-state index contributed by atoms with van der Waals surface area (Å²) in [6.45, 7) is 1.57. The molecule has 1 fully saturated rings. The van der Waals surface area contributed by atoms with Crippen LogP contribution in [0.3, 0.4) is 0 Å². The molecule has 30 heavy (non-hydrogen) atoms. The van der Waals surface area contributed by atoms with Crippen LogP contribution in [0.5, 0.6) is 16.7 Å². The van der Waals surface area contributed by atoms with Gasteiger partial charge in [-0.15, -0.1) is 5.10 Å². The summed E-state index contributed by atoms with van der Waals surface area (Å²) >= 11 is 1.35. The molecule has 0 spiro atoms. The number of imidazole rings is 1. The van der Waals surface area contributed by atoms with Crippen LogP contribution in [0.4, 0.5) is 0 Å². The first-order chi connectivity index (χ1) is 14.6. The molecule has 5 heterocycles. The zero-order chi connectivity index (χ0) is 20.7. The van der Waals surface area contributed by atoms with Gasteiger partial charge >= 0.3 is 0 Å². The lowest BCUT2D eigenvalue weighted by molar-refractivity contribution is -0.132. The first kappa shape index (κ1) is 18.7. The van der Waals surface area contributed by atoms with E-state index in [1.54, 1.807) is 41.7 Å². The Kier molecular flexibility index (Phi) is 4.66. The lowest BCUT2D eigenvalue weighted by Gasteiger charge is -2.16. The fourth-order valence-electron chi connectivity index (χ4n) is 3.48. The normalized spacial score (nSPS) is 14.0. The highest BCUT2D eigenvalue weighted by Gasteiger charge is 2.20. The minimum Gasteiger partial charge on any atom is -0.495 e. The van der Waals surface area contributed by atoms with Crippen molar-refractivity contribution in [2.24, 2.45) is 0 Å². The van der Waals surface area contributed by atoms with Crippen LogP contribution < -0.4 is 14.2 Å². The largest absolute Gasteiger partial charge is 0.495 e. The van der Waals surface area contributed by atoms with Crippen LogP contribution in [-0.4, -0.2) is 68.9 Å². The average molecular weight is 428 g/mol. The van der Waals surface area contributed by atoms with E-state index in [1.165, 1.54) is 11.3 Å². The predicted molar refractivity (Wildman–Crippen MR) is 109 cm³/mol. The number of amides is 1. The minimum atomic E-state index is -0.0206. The number of pyridine rings is 1. The van der Waals surface area contributed by atoms with Gasteiger partial charge in [0.25, 0.3) is 11.1 Å². The van der Waals surface area contributed by atoms with Crippen molar-refractivity contribution in [3.05, 3.63) is 24.5 Å². The quantitative estimate of drug-likeness (QED) is 0.464. The number of rotatable bonds is 6. The van der Waals surface area contributed by atoms with E-state index in [9.17, 15) is 4.79 Å². The monoisotopic (exact) mass is 428 g/mol. The Balaban J connectivity index is 1.46. The number of nitrogens with zero attached hydrogens (tertiary/aromatic N) is 6. The molecule has 156 valence electrons. The van der Waals surface area contributed by atoms with Crippen LogP contribution in [0.2, 0.25) is 0 Å². The molecule has 0 bridgehead atoms. The van der Waals surface area contributed by atoms with Crippen LogP contribution in [0, 0.1) is 0 Å². The van der Waals surface area contributed by atoms with E-state index in [4.69, 9.17) is 14.2 Å². The maximum atomic E-state index is 12.4. The highest BCUT2D eigenvalue weighted by Crippen LogP contribution is 2.30. The molecule has 1 saturated heterocycles. The fourth-order valence-corrected chi connectivity index (χ4v) is 4.17. The van der Waals surface area contributed by atoms with Gasteiger partial charge in [-0.25, -0.2) is 14.0 Å². The summed E-state index contributed by atoms with van der Waals surface area (Å²) in [5.41, 5.74) is 2.07. The highest BCUT2D eigenvalue weighted by atomic mass is 32.1. The lowest BCUT2D eigenvalue weighted by Crippen LogP contribution is -2.32. The third-order valence-electron chi connectivity index (χ3n) is 5.02. The van der Waals surface area contributed by atoms with Crippen LogP contribution in [-0.2, 0) is 4.79 Å². The SMILES string of the molecule is COc1cc(OCC(=O)N2CCCC2)c2cc(-c3cn4nc(OC)sc4n3)nn2c1. The van der Waals surface area contributed by atoms with Gasteiger partial charge < -0.3 is 19.1 Å². The second kappa shape index (κ2) is 7.48. The predicted octanol–water partition coefficient (Wildman–Crippen LogP) is 2.12. The van der Waals surface area contributed by atoms with E-state index in [-0.39, 0.29) is 12.5 Å². The number of aromatic nitrogens is 5. The first-order valence-electron chi connectivity index (χ1n) is 9.53.